The minimum absolute atomic E-state index is 0.0816. The van der Waals surface area contributed by atoms with Crippen LogP contribution in [0.5, 0.6) is 0 Å². The lowest BCUT2D eigenvalue weighted by atomic mass is 10.1. The van der Waals surface area contributed by atoms with Crippen LogP contribution in [0.15, 0.2) is 23.1 Å². The molecule has 1 saturated heterocycles. The Balaban J connectivity index is 2.47. The molecule has 1 heterocycles. The van der Waals surface area contributed by atoms with Gasteiger partial charge in [0.15, 0.2) is 0 Å². The van der Waals surface area contributed by atoms with E-state index >= 15 is 0 Å². The number of aryl methyl sites for hydroxylation is 1. The fourth-order valence-electron chi connectivity index (χ4n) is 2.77. The summed E-state index contributed by atoms with van der Waals surface area (Å²) in [5.74, 6) is 0.335. The van der Waals surface area contributed by atoms with E-state index in [1.165, 1.54) is 0 Å². The van der Waals surface area contributed by atoms with E-state index in [2.05, 4.69) is 0 Å². The van der Waals surface area contributed by atoms with Crippen molar-refractivity contribution in [2.75, 3.05) is 6.54 Å². The summed E-state index contributed by atoms with van der Waals surface area (Å²) in [7, 11) is -3.41. The molecule has 1 aromatic carbocycles. The Labute approximate surface area is 127 Å². The zero-order valence-electron chi connectivity index (χ0n) is 12.1. The summed E-state index contributed by atoms with van der Waals surface area (Å²) in [6.07, 6.45) is 3.70. The molecular weight excluding hydrogens is 294 g/mol. The van der Waals surface area contributed by atoms with Crippen LogP contribution in [0.25, 0.3) is 0 Å². The van der Waals surface area contributed by atoms with Gasteiger partial charge in [-0.1, -0.05) is 25.5 Å². The van der Waals surface area contributed by atoms with Crippen LogP contribution in [-0.4, -0.2) is 25.3 Å². The summed E-state index contributed by atoms with van der Waals surface area (Å²) in [6.45, 7) is 4.60. The van der Waals surface area contributed by atoms with E-state index in [1.807, 2.05) is 26.0 Å². The van der Waals surface area contributed by atoms with Crippen molar-refractivity contribution in [3.8, 4) is 0 Å². The first-order chi connectivity index (χ1) is 9.50. The van der Waals surface area contributed by atoms with Crippen molar-refractivity contribution < 1.29 is 8.42 Å². The van der Waals surface area contributed by atoms with Gasteiger partial charge in [-0.2, -0.15) is 4.31 Å². The number of sulfonamides is 1. The molecule has 1 aliphatic rings. The van der Waals surface area contributed by atoms with Crippen molar-refractivity contribution in [3.63, 3.8) is 0 Å². The van der Waals surface area contributed by atoms with Crippen molar-refractivity contribution in [2.45, 2.75) is 56.3 Å². The van der Waals surface area contributed by atoms with Gasteiger partial charge < -0.3 is 0 Å². The van der Waals surface area contributed by atoms with Gasteiger partial charge in [-0.25, -0.2) is 8.42 Å². The Morgan fingerprint density at radius 3 is 2.70 bits per heavy atom. The van der Waals surface area contributed by atoms with Gasteiger partial charge in [0.25, 0.3) is 0 Å². The highest BCUT2D eigenvalue weighted by Gasteiger charge is 2.32. The molecule has 1 fully saturated rings. The number of rotatable bonds is 4. The van der Waals surface area contributed by atoms with Crippen LogP contribution in [0.1, 0.15) is 44.2 Å². The molecule has 0 aliphatic carbocycles. The molecule has 0 aromatic heterocycles. The monoisotopic (exact) mass is 315 g/mol. The normalized spacial score (nSPS) is 21.1. The molecule has 1 aromatic rings. The summed E-state index contributed by atoms with van der Waals surface area (Å²) in [5, 5.41) is 0. The third-order valence-corrected chi connectivity index (χ3v) is 6.40. The van der Waals surface area contributed by atoms with E-state index in [0.717, 1.165) is 30.4 Å². The Kier molecular flexibility index (Phi) is 5.10. The number of halogens is 1. The third kappa shape index (κ3) is 3.02. The number of piperidine rings is 1. The highest BCUT2D eigenvalue weighted by molar-refractivity contribution is 7.89. The summed E-state index contributed by atoms with van der Waals surface area (Å²) >= 11 is 5.85. The van der Waals surface area contributed by atoms with Gasteiger partial charge in [0.1, 0.15) is 0 Å². The van der Waals surface area contributed by atoms with Gasteiger partial charge >= 0.3 is 0 Å². The van der Waals surface area contributed by atoms with Crippen LogP contribution in [0, 0.1) is 0 Å². The van der Waals surface area contributed by atoms with Gasteiger partial charge in [-0.05, 0) is 43.4 Å². The molecule has 20 heavy (non-hydrogen) atoms. The molecule has 0 bridgehead atoms. The molecule has 1 aliphatic heterocycles. The van der Waals surface area contributed by atoms with E-state index < -0.39 is 10.0 Å². The second-order valence-corrected chi connectivity index (χ2v) is 7.52. The molecule has 0 amide bonds. The van der Waals surface area contributed by atoms with Crippen LogP contribution < -0.4 is 0 Å². The third-order valence-electron chi connectivity index (χ3n) is 4.00. The first-order valence-corrected chi connectivity index (χ1v) is 9.17. The van der Waals surface area contributed by atoms with Crippen molar-refractivity contribution in [2.24, 2.45) is 0 Å². The van der Waals surface area contributed by atoms with Gasteiger partial charge in [0.2, 0.25) is 10.0 Å². The molecule has 5 heteroatoms. The lowest BCUT2D eigenvalue weighted by Crippen LogP contribution is -2.42. The van der Waals surface area contributed by atoms with Gasteiger partial charge in [-0.15, -0.1) is 11.6 Å². The van der Waals surface area contributed by atoms with Crippen LogP contribution in [-0.2, 0) is 22.3 Å². The summed E-state index contributed by atoms with van der Waals surface area (Å²) < 4.78 is 27.5. The van der Waals surface area contributed by atoms with E-state index in [9.17, 15) is 8.42 Å². The minimum Gasteiger partial charge on any atom is -0.207 e. The molecule has 0 N–H and O–H groups in total. The van der Waals surface area contributed by atoms with E-state index in [1.54, 1.807) is 10.4 Å². The SMILES string of the molecule is CCc1ccc(CCl)cc1S(=O)(=O)N1CCCCC1C. The predicted octanol–water partition coefficient (Wildman–Crippen LogP) is 3.55. The molecule has 3 nitrogen and oxygen atoms in total. The van der Waals surface area contributed by atoms with Crippen molar-refractivity contribution in [1.29, 1.82) is 0 Å². The lowest BCUT2D eigenvalue weighted by molar-refractivity contribution is 0.268. The fraction of sp³-hybridized carbons (Fsp3) is 0.600. The summed E-state index contributed by atoms with van der Waals surface area (Å²) in [4.78, 5) is 0.437. The maximum absolute atomic E-state index is 12.9. The summed E-state index contributed by atoms with van der Waals surface area (Å²) in [6, 6.07) is 5.62. The quantitative estimate of drug-likeness (QED) is 0.797. The predicted molar refractivity (Wildman–Crippen MR) is 82.6 cm³/mol. The molecule has 0 saturated carbocycles. The average Bonchev–Trinajstić information content (AvgIpc) is 2.46. The van der Waals surface area contributed by atoms with Crippen molar-refractivity contribution in [1.82, 2.24) is 4.31 Å². The van der Waals surface area contributed by atoms with E-state index in [-0.39, 0.29) is 6.04 Å². The molecular formula is C15H22ClNO2S. The van der Waals surface area contributed by atoms with Crippen molar-refractivity contribution >= 4 is 21.6 Å². The van der Waals surface area contributed by atoms with Gasteiger partial charge in [0.05, 0.1) is 4.90 Å². The standard InChI is InChI=1S/C15H22ClNO2S/c1-3-14-8-7-13(11-16)10-15(14)20(18,19)17-9-5-4-6-12(17)2/h7-8,10,12H,3-6,9,11H2,1-2H3. The number of alkyl halides is 1. The molecule has 1 atom stereocenters. The smallest absolute Gasteiger partial charge is 0.207 e. The van der Waals surface area contributed by atoms with Crippen LogP contribution in [0.4, 0.5) is 0 Å². The van der Waals surface area contributed by atoms with Gasteiger partial charge in [0, 0.05) is 18.5 Å². The first kappa shape index (κ1) is 15.8. The molecule has 2 rings (SSSR count). The van der Waals surface area contributed by atoms with Crippen LogP contribution in [0.2, 0.25) is 0 Å². The number of benzene rings is 1. The average molecular weight is 316 g/mol. The highest BCUT2D eigenvalue weighted by Crippen LogP contribution is 2.28. The van der Waals surface area contributed by atoms with Gasteiger partial charge in [-0.3, -0.25) is 0 Å². The molecule has 1 unspecified atom stereocenters. The van der Waals surface area contributed by atoms with Crippen LogP contribution in [0.3, 0.4) is 0 Å². The maximum Gasteiger partial charge on any atom is 0.243 e. The Hall–Kier alpha value is -0.580. The minimum atomic E-state index is -3.41. The summed E-state index contributed by atoms with van der Waals surface area (Å²) in [5.41, 5.74) is 1.73. The van der Waals surface area contributed by atoms with Crippen LogP contribution >= 0.6 is 11.6 Å². The second kappa shape index (κ2) is 6.46. The zero-order valence-corrected chi connectivity index (χ0v) is 13.7. The molecule has 0 spiro atoms. The number of nitrogens with zero attached hydrogens (tertiary/aromatic N) is 1. The number of hydrogen-bond donors (Lipinski definition) is 0. The fourth-order valence-corrected chi connectivity index (χ4v) is 4.98. The Bertz CT molecular complexity index is 571. The first-order valence-electron chi connectivity index (χ1n) is 7.20. The Morgan fingerprint density at radius 2 is 2.10 bits per heavy atom. The largest absolute Gasteiger partial charge is 0.243 e. The highest BCUT2D eigenvalue weighted by atomic mass is 35.5. The topological polar surface area (TPSA) is 37.4 Å². The maximum atomic E-state index is 12.9. The molecule has 0 radical (unpaired) electrons. The second-order valence-electron chi connectivity index (χ2n) is 5.39. The lowest BCUT2D eigenvalue weighted by Gasteiger charge is -2.33. The van der Waals surface area contributed by atoms with E-state index in [4.69, 9.17) is 11.6 Å². The Morgan fingerprint density at radius 1 is 1.35 bits per heavy atom. The van der Waals surface area contributed by atoms with Crippen molar-refractivity contribution in [3.05, 3.63) is 29.3 Å². The number of hydrogen-bond acceptors (Lipinski definition) is 2. The van der Waals surface area contributed by atoms with E-state index in [0.29, 0.717) is 23.7 Å². The zero-order chi connectivity index (χ0) is 14.8. The molecule has 112 valence electrons.